The number of benzene rings is 2. The maximum atomic E-state index is 12.6. The molecule has 0 heterocycles. The number of hydrogen-bond acceptors (Lipinski definition) is 3. The van der Waals surface area contributed by atoms with Crippen molar-refractivity contribution >= 4 is 12.0 Å². The van der Waals surface area contributed by atoms with Crippen molar-refractivity contribution in [3.8, 4) is 11.1 Å². The quantitative estimate of drug-likeness (QED) is 0.306. The van der Waals surface area contributed by atoms with Crippen LogP contribution >= 0.6 is 0 Å². The van der Waals surface area contributed by atoms with Crippen LogP contribution in [0.5, 0.6) is 0 Å². The molecule has 0 aromatic heterocycles. The van der Waals surface area contributed by atoms with Gasteiger partial charge in [-0.2, -0.15) is 0 Å². The maximum Gasteiger partial charge on any atom is 0.407 e. The number of nitrogens with one attached hydrogen (secondary N) is 2. The predicted molar refractivity (Wildman–Crippen MR) is 143 cm³/mol. The van der Waals surface area contributed by atoms with E-state index in [1.54, 1.807) is 0 Å². The lowest BCUT2D eigenvalue weighted by Gasteiger charge is -2.19. The van der Waals surface area contributed by atoms with Gasteiger partial charge in [0.1, 0.15) is 5.60 Å². The van der Waals surface area contributed by atoms with Gasteiger partial charge in [0.2, 0.25) is 5.91 Å². The van der Waals surface area contributed by atoms with Gasteiger partial charge >= 0.3 is 6.09 Å². The van der Waals surface area contributed by atoms with Crippen LogP contribution in [0.3, 0.4) is 0 Å². The van der Waals surface area contributed by atoms with Crippen LogP contribution in [0.1, 0.15) is 95.6 Å². The molecular weight excluding hydrogens is 436 g/mol. The molecule has 5 heteroatoms. The minimum atomic E-state index is -0.443. The van der Waals surface area contributed by atoms with E-state index in [1.165, 1.54) is 47.9 Å². The Morgan fingerprint density at radius 2 is 1.17 bits per heavy atom. The van der Waals surface area contributed by atoms with Gasteiger partial charge in [-0.05, 0) is 55.9 Å². The summed E-state index contributed by atoms with van der Waals surface area (Å²) in [6.07, 6.45) is 9.31. The SMILES string of the molecule is CC(C)(C)OC(=O)NCCCCCCCCCCNC(=O)CC1c2ccccc2-c2ccccc21. The zero-order valence-corrected chi connectivity index (χ0v) is 21.7. The van der Waals surface area contributed by atoms with Gasteiger partial charge in [-0.15, -0.1) is 0 Å². The van der Waals surface area contributed by atoms with Gasteiger partial charge in [-0.3, -0.25) is 4.79 Å². The van der Waals surface area contributed by atoms with Crippen LogP contribution in [0.15, 0.2) is 48.5 Å². The highest BCUT2D eigenvalue weighted by Gasteiger charge is 2.29. The van der Waals surface area contributed by atoms with Crippen molar-refractivity contribution in [2.45, 2.75) is 90.1 Å². The molecule has 0 aliphatic heterocycles. The van der Waals surface area contributed by atoms with Gasteiger partial charge in [0.05, 0.1) is 0 Å². The van der Waals surface area contributed by atoms with Gasteiger partial charge in [0.25, 0.3) is 0 Å². The highest BCUT2D eigenvalue weighted by Crippen LogP contribution is 2.45. The van der Waals surface area contributed by atoms with Crippen molar-refractivity contribution in [1.82, 2.24) is 10.6 Å². The first-order chi connectivity index (χ1) is 16.8. The number of carbonyl (C=O) groups is 2. The van der Waals surface area contributed by atoms with E-state index in [4.69, 9.17) is 4.74 Å². The van der Waals surface area contributed by atoms with Gasteiger partial charge in [-0.25, -0.2) is 4.79 Å². The number of alkyl carbamates (subject to hydrolysis) is 1. The molecule has 0 fully saturated rings. The fourth-order valence-electron chi connectivity index (χ4n) is 4.78. The van der Waals surface area contributed by atoms with E-state index in [-0.39, 0.29) is 17.9 Å². The molecule has 1 aliphatic carbocycles. The molecule has 0 spiro atoms. The Kier molecular flexibility index (Phi) is 10.2. The average Bonchev–Trinajstić information content (AvgIpc) is 3.12. The Hall–Kier alpha value is -2.82. The molecule has 0 saturated carbocycles. The number of fused-ring (bicyclic) bond motifs is 3. The fourth-order valence-corrected chi connectivity index (χ4v) is 4.78. The van der Waals surface area contributed by atoms with Crippen LogP contribution in [0.2, 0.25) is 0 Å². The van der Waals surface area contributed by atoms with E-state index in [0.29, 0.717) is 13.0 Å². The van der Waals surface area contributed by atoms with E-state index in [1.807, 2.05) is 20.8 Å². The number of hydrogen-bond donors (Lipinski definition) is 2. The third-order valence-corrected chi connectivity index (χ3v) is 6.45. The van der Waals surface area contributed by atoms with E-state index < -0.39 is 5.60 Å². The highest BCUT2D eigenvalue weighted by molar-refractivity contribution is 5.84. The number of unbranched alkanes of at least 4 members (excludes halogenated alkanes) is 7. The van der Waals surface area contributed by atoms with Crippen LogP contribution < -0.4 is 10.6 Å². The molecule has 0 bridgehead atoms. The second kappa shape index (κ2) is 13.3. The molecule has 0 unspecified atom stereocenters. The Morgan fingerprint density at radius 3 is 1.69 bits per heavy atom. The third-order valence-electron chi connectivity index (χ3n) is 6.45. The topological polar surface area (TPSA) is 67.4 Å². The zero-order valence-electron chi connectivity index (χ0n) is 21.7. The summed E-state index contributed by atoms with van der Waals surface area (Å²) in [5, 5.41) is 5.95. The summed E-state index contributed by atoms with van der Waals surface area (Å²) in [4.78, 5) is 24.2. The minimum absolute atomic E-state index is 0.140. The molecular formula is C30H42N2O3. The Labute approximate surface area is 211 Å². The summed E-state index contributed by atoms with van der Waals surface area (Å²) >= 11 is 0. The molecule has 5 nitrogen and oxygen atoms in total. The minimum Gasteiger partial charge on any atom is -0.444 e. The summed E-state index contributed by atoms with van der Waals surface area (Å²) in [5.74, 6) is 0.295. The Morgan fingerprint density at radius 1 is 0.714 bits per heavy atom. The number of rotatable bonds is 13. The monoisotopic (exact) mass is 478 g/mol. The molecule has 0 saturated heterocycles. The Bertz CT molecular complexity index is 919. The van der Waals surface area contributed by atoms with Crippen molar-refractivity contribution in [3.63, 3.8) is 0 Å². The smallest absolute Gasteiger partial charge is 0.407 e. The molecule has 2 aromatic carbocycles. The third kappa shape index (κ3) is 8.72. The molecule has 0 radical (unpaired) electrons. The van der Waals surface area contributed by atoms with E-state index in [2.05, 4.69) is 59.2 Å². The Balaban J connectivity index is 1.20. The molecule has 0 atom stereocenters. The summed E-state index contributed by atoms with van der Waals surface area (Å²) in [6.45, 7) is 7.04. The lowest BCUT2D eigenvalue weighted by Crippen LogP contribution is -2.32. The highest BCUT2D eigenvalue weighted by atomic mass is 16.6. The van der Waals surface area contributed by atoms with Crippen LogP contribution in [0, 0.1) is 0 Å². The van der Waals surface area contributed by atoms with Crippen molar-refractivity contribution < 1.29 is 14.3 Å². The summed E-state index contributed by atoms with van der Waals surface area (Å²) in [6, 6.07) is 16.9. The lowest BCUT2D eigenvalue weighted by atomic mass is 9.93. The second-order valence-electron chi connectivity index (χ2n) is 10.5. The number of carbonyl (C=O) groups excluding carboxylic acids is 2. The van der Waals surface area contributed by atoms with Gasteiger partial charge < -0.3 is 15.4 Å². The molecule has 2 amide bonds. The average molecular weight is 479 g/mol. The second-order valence-corrected chi connectivity index (χ2v) is 10.5. The molecule has 190 valence electrons. The molecule has 3 rings (SSSR count). The molecule has 2 aromatic rings. The molecule has 1 aliphatic rings. The first-order valence-electron chi connectivity index (χ1n) is 13.3. The normalized spacial score (nSPS) is 12.7. The van der Waals surface area contributed by atoms with E-state index >= 15 is 0 Å². The van der Waals surface area contributed by atoms with Crippen molar-refractivity contribution in [2.75, 3.05) is 13.1 Å². The van der Waals surface area contributed by atoms with Gasteiger partial charge in [-0.1, -0.05) is 87.1 Å². The predicted octanol–water partition coefficient (Wildman–Crippen LogP) is 6.95. The van der Waals surface area contributed by atoms with Crippen molar-refractivity contribution in [1.29, 1.82) is 0 Å². The van der Waals surface area contributed by atoms with Crippen LogP contribution in [0.4, 0.5) is 4.79 Å². The standard InChI is InChI=1S/C30H42N2O3/c1-30(2,3)35-29(34)32-21-15-9-7-5-4-6-8-14-20-31-28(33)22-27-25-18-12-10-16-23(25)24-17-11-13-19-26(24)27/h10-13,16-19,27H,4-9,14-15,20-22H2,1-3H3,(H,31,33)(H,32,34). The fraction of sp³-hybridized carbons (Fsp3) is 0.533. The molecule has 35 heavy (non-hydrogen) atoms. The van der Waals surface area contributed by atoms with Crippen molar-refractivity contribution in [3.05, 3.63) is 59.7 Å². The summed E-state index contributed by atoms with van der Waals surface area (Å²) < 4.78 is 5.23. The number of ether oxygens (including phenoxy) is 1. The van der Waals surface area contributed by atoms with Crippen LogP contribution in [-0.2, 0) is 9.53 Å². The summed E-state index contributed by atoms with van der Waals surface area (Å²) in [5.41, 5.74) is 4.62. The zero-order chi connectivity index (χ0) is 25.1. The largest absolute Gasteiger partial charge is 0.444 e. The first-order valence-corrected chi connectivity index (χ1v) is 13.3. The summed E-state index contributed by atoms with van der Waals surface area (Å²) in [7, 11) is 0. The maximum absolute atomic E-state index is 12.6. The van der Waals surface area contributed by atoms with Crippen LogP contribution in [-0.4, -0.2) is 30.7 Å². The van der Waals surface area contributed by atoms with E-state index in [9.17, 15) is 9.59 Å². The van der Waals surface area contributed by atoms with Gasteiger partial charge in [0.15, 0.2) is 0 Å². The van der Waals surface area contributed by atoms with Gasteiger partial charge in [0, 0.05) is 25.4 Å². The molecule has 2 N–H and O–H groups in total. The van der Waals surface area contributed by atoms with Crippen LogP contribution in [0.25, 0.3) is 11.1 Å². The van der Waals surface area contributed by atoms with Crippen molar-refractivity contribution in [2.24, 2.45) is 0 Å². The first kappa shape index (κ1) is 26.8. The lowest BCUT2D eigenvalue weighted by molar-refractivity contribution is -0.121. The number of amides is 2. The van der Waals surface area contributed by atoms with E-state index in [0.717, 1.165) is 32.2 Å².